The molecule has 0 aliphatic rings. The van der Waals surface area contributed by atoms with Crippen molar-refractivity contribution in [3.05, 3.63) is 36.2 Å². The molecule has 0 aliphatic heterocycles. The molecule has 0 saturated carbocycles. The number of nitrogens with zero attached hydrogens (tertiary/aromatic N) is 2. The van der Waals surface area contributed by atoms with Crippen LogP contribution in [0.25, 0.3) is 0 Å². The van der Waals surface area contributed by atoms with E-state index in [4.69, 9.17) is 5.11 Å². The Bertz CT molecular complexity index is 680. The Hall–Kier alpha value is -2.42. The molecule has 0 atom stereocenters. The van der Waals surface area contributed by atoms with Crippen LogP contribution in [0.1, 0.15) is 12.0 Å². The highest BCUT2D eigenvalue weighted by atomic mass is 32.2. The number of benzene rings is 1. The number of sulfonamides is 1. The van der Waals surface area contributed by atoms with Crippen molar-refractivity contribution in [1.82, 2.24) is 15.2 Å². The average molecular weight is 296 g/mol. The number of aryl methyl sites for hydroxylation is 1. The van der Waals surface area contributed by atoms with E-state index in [1.54, 1.807) is 12.1 Å². The summed E-state index contributed by atoms with van der Waals surface area (Å²) in [6.45, 7) is 0. The lowest BCUT2D eigenvalue weighted by molar-refractivity contribution is -0.136. The van der Waals surface area contributed by atoms with Gasteiger partial charge in [0.2, 0.25) is 5.95 Å². The van der Waals surface area contributed by atoms with Gasteiger partial charge in [-0.05, 0) is 24.1 Å². The van der Waals surface area contributed by atoms with Crippen LogP contribution in [0, 0.1) is 0 Å². The first-order chi connectivity index (χ1) is 9.47. The fraction of sp³-hybridized carbons (Fsp3) is 0.182. The highest BCUT2D eigenvalue weighted by Crippen LogP contribution is 2.14. The second-order valence-corrected chi connectivity index (χ2v) is 5.66. The zero-order valence-corrected chi connectivity index (χ0v) is 11.1. The third-order valence-corrected chi connectivity index (χ3v) is 3.86. The van der Waals surface area contributed by atoms with Gasteiger partial charge in [-0.2, -0.15) is 10.1 Å². The second-order valence-electron chi connectivity index (χ2n) is 3.98. The van der Waals surface area contributed by atoms with E-state index in [-0.39, 0.29) is 17.3 Å². The zero-order valence-electron chi connectivity index (χ0n) is 10.3. The molecule has 20 heavy (non-hydrogen) atoms. The van der Waals surface area contributed by atoms with Crippen molar-refractivity contribution in [2.75, 3.05) is 4.72 Å². The molecule has 2 aromatic rings. The first kappa shape index (κ1) is 14.0. The zero-order chi connectivity index (χ0) is 14.6. The number of H-pyrrole nitrogens is 1. The van der Waals surface area contributed by atoms with Gasteiger partial charge in [0.25, 0.3) is 10.0 Å². The van der Waals surface area contributed by atoms with Gasteiger partial charge in [0.1, 0.15) is 6.33 Å². The van der Waals surface area contributed by atoms with Gasteiger partial charge in [-0.25, -0.2) is 18.2 Å². The van der Waals surface area contributed by atoms with Crippen LogP contribution in [0.5, 0.6) is 0 Å². The van der Waals surface area contributed by atoms with E-state index in [0.29, 0.717) is 6.42 Å². The molecule has 2 rings (SSSR count). The van der Waals surface area contributed by atoms with Crippen LogP contribution >= 0.6 is 0 Å². The highest BCUT2D eigenvalue weighted by molar-refractivity contribution is 7.92. The van der Waals surface area contributed by atoms with Gasteiger partial charge in [-0.3, -0.25) is 4.79 Å². The van der Waals surface area contributed by atoms with Crippen LogP contribution in [-0.4, -0.2) is 34.7 Å². The smallest absolute Gasteiger partial charge is 0.303 e. The van der Waals surface area contributed by atoms with Gasteiger partial charge in [0.05, 0.1) is 4.90 Å². The van der Waals surface area contributed by atoms with E-state index in [0.717, 1.165) is 5.56 Å². The topological polar surface area (TPSA) is 125 Å². The maximum absolute atomic E-state index is 12.0. The van der Waals surface area contributed by atoms with E-state index in [2.05, 4.69) is 19.9 Å². The predicted molar refractivity (Wildman–Crippen MR) is 69.6 cm³/mol. The minimum atomic E-state index is -3.73. The summed E-state index contributed by atoms with van der Waals surface area (Å²) in [5.74, 6) is -0.867. The molecule has 3 N–H and O–H groups in total. The third-order valence-electron chi connectivity index (χ3n) is 2.51. The molecule has 0 radical (unpaired) electrons. The Morgan fingerprint density at radius 3 is 2.55 bits per heavy atom. The molecule has 1 aromatic heterocycles. The molecule has 0 amide bonds. The molecule has 0 fully saturated rings. The summed E-state index contributed by atoms with van der Waals surface area (Å²) in [4.78, 5) is 14.2. The molecular formula is C11H12N4O4S. The quantitative estimate of drug-likeness (QED) is 0.717. The van der Waals surface area contributed by atoms with Gasteiger partial charge >= 0.3 is 5.97 Å². The van der Waals surface area contributed by atoms with Crippen LogP contribution in [-0.2, 0) is 21.2 Å². The molecule has 106 valence electrons. The van der Waals surface area contributed by atoms with Gasteiger partial charge in [-0.1, -0.05) is 12.1 Å². The summed E-state index contributed by atoms with van der Waals surface area (Å²) in [5, 5.41) is 14.5. The molecule has 0 aliphatic carbocycles. The summed E-state index contributed by atoms with van der Waals surface area (Å²) in [6.07, 6.45) is 1.54. The number of aromatic nitrogens is 3. The molecular weight excluding hydrogens is 284 g/mol. The fourth-order valence-corrected chi connectivity index (χ4v) is 2.49. The number of anilines is 1. The Kier molecular flexibility index (Phi) is 3.99. The predicted octanol–water partition coefficient (Wildman–Crippen LogP) is 0.623. The van der Waals surface area contributed by atoms with Crippen LogP contribution in [0.4, 0.5) is 5.95 Å². The van der Waals surface area contributed by atoms with E-state index >= 15 is 0 Å². The van der Waals surface area contributed by atoms with Crippen molar-refractivity contribution in [1.29, 1.82) is 0 Å². The normalized spacial score (nSPS) is 11.2. The number of carboxylic acids is 1. The van der Waals surface area contributed by atoms with Gasteiger partial charge in [0.15, 0.2) is 0 Å². The highest BCUT2D eigenvalue weighted by Gasteiger charge is 2.15. The molecule has 9 heteroatoms. The van der Waals surface area contributed by atoms with E-state index in [1.165, 1.54) is 18.5 Å². The number of rotatable bonds is 6. The number of aliphatic carboxylic acids is 1. The summed E-state index contributed by atoms with van der Waals surface area (Å²) in [6, 6.07) is 5.99. The Morgan fingerprint density at radius 2 is 2.00 bits per heavy atom. The monoisotopic (exact) mass is 296 g/mol. The summed E-state index contributed by atoms with van der Waals surface area (Å²) in [5.41, 5.74) is 0.756. The number of carbonyl (C=O) groups is 1. The minimum absolute atomic E-state index is 0.00239. The molecule has 0 unspecified atom stereocenters. The standard InChI is InChI=1S/C11H12N4O4S/c16-10(17)6-3-8-1-4-9(5-2-8)20(18,19)15-11-12-7-13-14-11/h1-2,4-5,7H,3,6H2,(H,16,17)(H2,12,13,14,15). The van der Waals surface area contributed by atoms with Crippen molar-refractivity contribution in [2.45, 2.75) is 17.7 Å². The van der Waals surface area contributed by atoms with Crippen molar-refractivity contribution in [3.63, 3.8) is 0 Å². The molecule has 1 aromatic carbocycles. The van der Waals surface area contributed by atoms with Crippen LogP contribution in [0.3, 0.4) is 0 Å². The number of hydrogen-bond donors (Lipinski definition) is 3. The molecule has 0 saturated heterocycles. The van der Waals surface area contributed by atoms with Crippen molar-refractivity contribution in [3.8, 4) is 0 Å². The van der Waals surface area contributed by atoms with Crippen molar-refractivity contribution in [2.24, 2.45) is 0 Å². The lowest BCUT2D eigenvalue weighted by Gasteiger charge is -2.06. The summed E-state index contributed by atoms with van der Waals surface area (Å²) < 4.78 is 26.2. The molecule has 1 heterocycles. The Balaban J connectivity index is 2.10. The van der Waals surface area contributed by atoms with Crippen LogP contribution < -0.4 is 4.72 Å². The number of aromatic amines is 1. The maximum Gasteiger partial charge on any atom is 0.303 e. The number of nitrogens with one attached hydrogen (secondary N) is 2. The first-order valence-electron chi connectivity index (χ1n) is 5.66. The van der Waals surface area contributed by atoms with Gasteiger partial charge in [0, 0.05) is 6.42 Å². The van der Waals surface area contributed by atoms with Gasteiger partial charge < -0.3 is 5.11 Å². The maximum atomic E-state index is 12.0. The number of carboxylic acid groups (broad SMARTS) is 1. The van der Waals surface area contributed by atoms with Gasteiger partial charge in [-0.15, -0.1) is 0 Å². The first-order valence-corrected chi connectivity index (χ1v) is 7.14. The lowest BCUT2D eigenvalue weighted by Crippen LogP contribution is -2.14. The second kappa shape index (κ2) is 5.70. The van der Waals surface area contributed by atoms with Crippen molar-refractivity contribution < 1.29 is 18.3 Å². The molecule has 0 bridgehead atoms. The fourth-order valence-electron chi connectivity index (χ4n) is 1.53. The number of hydrogen-bond acceptors (Lipinski definition) is 5. The SMILES string of the molecule is O=C(O)CCc1ccc(S(=O)(=O)Nc2ncn[nH]2)cc1. The van der Waals surface area contributed by atoms with Crippen molar-refractivity contribution >= 4 is 21.9 Å². The third kappa shape index (κ3) is 3.54. The average Bonchev–Trinajstić information content (AvgIpc) is 2.89. The molecule has 8 nitrogen and oxygen atoms in total. The Morgan fingerprint density at radius 1 is 1.30 bits per heavy atom. The lowest BCUT2D eigenvalue weighted by atomic mass is 10.1. The minimum Gasteiger partial charge on any atom is -0.481 e. The van der Waals surface area contributed by atoms with E-state index < -0.39 is 16.0 Å². The van der Waals surface area contributed by atoms with E-state index in [1.807, 2.05) is 0 Å². The Labute approximate surface area is 114 Å². The largest absolute Gasteiger partial charge is 0.481 e. The van der Waals surface area contributed by atoms with E-state index in [9.17, 15) is 13.2 Å². The van der Waals surface area contributed by atoms with Crippen LogP contribution in [0.2, 0.25) is 0 Å². The van der Waals surface area contributed by atoms with Crippen LogP contribution in [0.15, 0.2) is 35.5 Å². The molecule has 0 spiro atoms. The summed E-state index contributed by atoms with van der Waals surface area (Å²) >= 11 is 0. The summed E-state index contributed by atoms with van der Waals surface area (Å²) in [7, 11) is -3.73.